The minimum Gasteiger partial charge on any atom is -0.465 e. The number of rotatable bonds is 3. The first-order chi connectivity index (χ1) is 9.17. The minimum absolute atomic E-state index is 0.284. The number of esters is 1. The maximum atomic E-state index is 11.9. The molecule has 0 radical (unpaired) electrons. The van der Waals surface area contributed by atoms with Crippen molar-refractivity contribution in [3.63, 3.8) is 0 Å². The van der Waals surface area contributed by atoms with Crippen LogP contribution < -0.4 is 10.6 Å². The lowest BCUT2D eigenvalue weighted by Crippen LogP contribution is -2.23. The molecule has 2 heterocycles. The third kappa shape index (κ3) is 2.87. The topological polar surface area (TPSA) is 76.7 Å². The molecule has 1 aromatic rings. The van der Waals surface area contributed by atoms with Crippen molar-refractivity contribution in [1.82, 2.24) is 5.32 Å². The average Bonchev–Trinajstić information content (AvgIpc) is 2.75. The van der Waals surface area contributed by atoms with Crippen LogP contribution in [0, 0.1) is 0 Å². The standard InChI is InChI=1S/C12H16N2O4S/c1-3-18-12(16)14-10-9(11(15)17-2)7-4-5-13-6-8(7)19-10/h13H,3-6H2,1-2H3,(H,14,16). The molecule has 2 N–H and O–H groups in total. The Labute approximate surface area is 115 Å². The number of amides is 1. The molecule has 0 aromatic carbocycles. The van der Waals surface area contributed by atoms with E-state index in [1.165, 1.54) is 18.4 Å². The SMILES string of the molecule is CCOC(=O)Nc1sc2c(c1C(=O)OC)CCNC2. The number of ether oxygens (including phenoxy) is 2. The summed E-state index contributed by atoms with van der Waals surface area (Å²) in [6.07, 6.45) is 0.194. The van der Waals surface area contributed by atoms with Crippen LogP contribution in [-0.4, -0.2) is 32.3 Å². The molecule has 7 heteroatoms. The van der Waals surface area contributed by atoms with Gasteiger partial charge >= 0.3 is 12.1 Å². The third-order valence-electron chi connectivity index (χ3n) is 2.81. The van der Waals surface area contributed by atoms with Crippen molar-refractivity contribution in [2.24, 2.45) is 0 Å². The van der Waals surface area contributed by atoms with Gasteiger partial charge in [0.1, 0.15) is 5.00 Å². The normalized spacial score (nSPS) is 13.6. The molecule has 1 aliphatic heterocycles. The molecular weight excluding hydrogens is 268 g/mol. The van der Waals surface area contributed by atoms with Gasteiger partial charge in [-0.2, -0.15) is 0 Å². The van der Waals surface area contributed by atoms with Crippen molar-refractivity contribution >= 4 is 28.4 Å². The summed E-state index contributed by atoms with van der Waals surface area (Å²) in [4.78, 5) is 24.4. The number of methoxy groups -OCH3 is 1. The van der Waals surface area contributed by atoms with Crippen molar-refractivity contribution in [2.75, 3.05) is 25.6 Å². The van der Waals surface area contributed by atoms with Crippen LogP contribution in [0.25, 0.3) is 0 Å². The highest BCUT2D eigenvalue weighted by atomic mass is 32.1. The van der Waals surface area contributed by atoms with Gasteiger partial charge in [0.25, 0.3) is 0 Å². The zero-order chi connectivity index (χ0) is 13.8. The molecule has 0 unspecified atom stereocenters. The van der Waals surface area contributed by atoms with E-state index in [9.17, 15) is 9.59 Å². The van der Waals surface area contributed by atoms with Gasteiger partial charge in [0.2, 0.25) is 0 Å². The van der Waals surface area contributed by atoms with Crippen LogP contribution in [0.2, 0.25) is 0 Å². The van der Waals surface area contributed by atoms with Crippen molar-refractivity contribution in [3.8, 4) is 0 Å². The Kier molecular flexibility index (Phi) is 4.39. The highest BCUT2D eigenvalue weighted by molar-refractivity contribution is 7.17. The molecule has 1 aliphatic rings. The van der Waals surface area contributed by atoms with Gasteiger partial charge < -0.3 is 14.8 Å². The summed E-state index contributed by atoms with van der Waals surface area (Å²) < 4.78 is 9.63. The van der Waals surface area contributed by atoms with Crippen molar-refractivity contribution < 1.29 is 19.1 Å². The Morgan fingerprint density at radius 1 is 1.47 bits per heavy atom. The fraction of sp³-hybridized carbons (Fsp3) is 0.500. The van der Waals surface area contributed by atoms with Crippen LogP contribution in [0.3, 0.4) is 0 Å². The van der Waals surface area contributed by atoms with Crippen molar-refractivity contribution in [3.05, 3.63) is 16.0 Å². The van der Waals surface area contributed by atoms with E-state index in [0.717, 1.165) is 23.4 Å². The summed E-state index contributed by atoms with van der Waals surface area (Å²) in [5, 5.41) is 6.34. The predicted molar refractivity (Wildman–Crippen MR) is 71.7 cm³/mol. The summed E-state index contributed by atoms with van der Waals surface area (Å²) in [6, 6.07) is 0. The molecule has 6 nitrogen and oxygen atoms in total. The zero-order valence-corrected chi connectivity index (χ0v) is 11.7. The smallest absolute Gasteiger partial charge is 0.412 e. The van der Waals surface area contributed by atoms with Gasteiger partial charge in [-0.15, -0.1) is 11.3 Å². The summed E-state index contributed by atoms with van der Waals surface area (Å²) in [6.45, 7) is 3.53. The van der Waals surface area contributed by atoms with Gasteiger partial charge in [-0.3, -0.25) is 5.32 Å². The van der Waals surface area contributed by atoms with Gasteiger partial charge in [-0.25, -0.2) is 9.59 Å². The fourth-order valence-electron chi connectivity index (χ4n) is 2.00. The number of hydrogen-bond donors (Lipinski definition) is 2. The van der Waals surface area contributed by atoms with Crippen LogP contribution in [0.5, 0.6) is 0 Å². The Hall–Kier alpha value is -1.60. The first-order valence-electron chi connectivity index (χ1n) is 6.04. The maximum Gasteiger partial charge on any atom is 0.412 e. The predicted octanol–water partition coefficient (Wildman–Crippen LogP) is 1.75. The Morgan fingerprint density at radius 2 is 2.26 bits per heavy atom. The maximum absolute atomic E-state index is 11.9. The summed E-state index contributed by atoms with van der Waals surface area (Å²) in [5.74, 6) is -0.425. The average molecular weight is 284 g/mol. The Balaban J connectivity index is 2.33. The quantitative estimate of drug-likeness (QED) is 0.827. The largest absolute Gasteiger partial charge is 0.465 e. The zero-order valence-electron chi connectivity index (χ0n) is 10.9. The number of carbonyl (C=O) groups is 2. The van der Waals surface area contributed by atoms with Gasteiger partial charge in [-0.1, -0.05) is 0 Å². The highest BCUT2D eigenvalue weighted by Gasteiger charge is 2.26. The second kappa shape index (κ2) is 6.03. The van der Waals surface area contributed by atoms with Crippen LogP contribution in [0.15, 0.2) is 0 Å². The molecular formula is C12H16N2O4S. The molecule has 1 aromatic heterocycles. The number of fused-ring (bicyclic) bond motifs is 1. The molecule has 2 rings (SSSR count). The van der Waals surface area contributed by atoms with Crippen LogP contribution in [-0.2, 0) is 22.4 Å². The number of nitrogens with one attached hydrogen (secondary N) is 2. The van der Waals surface area contributed by atoms with E-state index in [0.29, 0.717) is 17.1 Å². The molecule has 0 spiro atoms. The first-order valence-corrected chi connectivity index (χ1v) is 6.86. The second-order valence-electron chi connectivity index (χ2n) is 3.97. The van der Waals surface area contributed by atoms with Crippen molar-refractivity contribution in [2.45, 2.75) is 19.9 Å². The summed E-state index contributed by atoms with van der Waals surface area (Å²) in [5.41, 5.74) is 1.42. The molecule has 0 saturated carbocycles. The lowest BCUT2D eigenvalue weighted by atomic mass is 10.0. The molecule has 19 heavy (non-hydrogen) atoms. The second-order valence-corrected chi connectivity index (χ2v) is 5.08. The summed E-state index contributed by atoms with van der Waals surface area (Å²) >= 11 is 1.38. The highest BCUT2D eigenvalue weighted by Crippen LogP contribution is 2.35. The fourth-order valence-corrected chi connectivity index (χ4v) is 3.19. The molecule has 104 valence electrons. The number of anilines is 1. The molecule has 1 amide bonds. The number of thiophene rings is 1. The minimum atomic E-state index is -0.556. The number of carbonyl (C=O) groups excluding carboxylic acids is 2. The van der Waals surface area contributed by atoms with Crippen LogP contribution in [0.1, 0.15) is 27.7 Å². The molecule has 0 atom stereocenters. The molecule has 0 fully saturated rings. The van der Waals surface area contributed by atoms with Crippen LogP contribution >= 0.6 is 11.3 Å². The number of hydrogen-bond acceptors (Lipinski definition) is 6. The summed E-state index contributed by atoms with van der Waals surface area (Å²) in [7, 11) is 1.33. The van der Waals surface area contributed by atoms with E-state index < -0.39 is 12.1 Å². The van der Waals surface area contributed by atoms with Crippen LogP contribution in [0.4, 0.5) is 9.80 Å². The molecule has 0 bridgehead atoms. The van der Waals surface area contributed by atoms with E-state index >= 15 is 0 Å². The third-order valence-corrected chi connectivity index (χ3v) is 3.96. The van der Waals surface area contributed by atoms with E-state index in [1.807, 2.05) is 0 Å². The molecule has 0 saturated heterocycles. The first kappa shape index (κ1) is 13.8. The van der Waals surface area contributed by atoms with Gasteiger partial charge in [0, 0.05) is 11.4 Å². The lowest BCUT2D eigenvalue weighted by Gasteiger charge is -2.13. The van der Waals surface area contributed by atoms with E-state index in [2.05, 4.69) is 10.6 Å². The van der Waals surface area contributed by atoms with Gasteiger partial charge in [0.05, 0.1) is 19.3 Å². The van der Waals surface area contributed by atoms with E-state index in [1.54, 1.807) is 6.92 Å². The van der Waals surface area contributed by atoms with Gasteiger partial charge in [0.15, 0.2) is 0 Å². The van der Waals surface area contributed by atoms with E-state index in [-0.39, 0.29) is 6.61 Å². The monoisotopic (exact) mass is 284 g/mol. The van der Waals surface area contributed by atoms with Crippen molar-refractivity contribution in [1.29, 1.82) is 0 Å². The van der Waals surface area contributed by atoms with Gasteiger partial charge in [-0.05, 0) is 25.5 Å². The Bertz CT molecular complexity index is 498. The van der Waals surface area contributed by atoms with E-state index in [4.69, 9.17) is 9.47 Å². The Morgan fingerprint density at radius 3 is 2.95 bits per heavy atom. The lowest BCUT2D eigenvalue weighted by molar-refractivity contribution is 0.0601. The molecule has 0 aliphatic carbocycles.